The van der Waals surface area contributed by atoms with Crippen LogP contribution in [0.25, 0.3) is 10.9 Å². The van der Waals surface area contributed by atoms with Crippen molar-refractivity contribution in [2.24, 2.45) is 0 Å². The van der Waals surface area contributed by atoms with Crippen LogP contribution in [-0.2, 0) is 11.3 Å². The third-order valence-electron chi connectivity index (χ3n) is 2.54. The largest absolute Gasteiger partial charge is 0.358 e. The molecule has 0 spiro atoms. The molecule has 1 amide bonds. The number of likely N-dealkylation sites (N-methyl/N-ethyl adjacent to an activating group) is 1. The van der Waals surface area contributed by atoms with Crippen molar-refractivity contribution in [1.82, 2.24) is 9.88 Å². The normalized spacial score (nSPS) is 10.3. The molecule has 0 saturated heterocycles. The second kappa shape index (κ2) is 4.18. The highest BCUT2D eigenvalue weighted by molar-refractivity contribution is 5.98. The van der Waals surface area contributed by atoms with E-state index in [9.17, 15) is 9.59 Å². The number of nitrogens with zero attached hydrogens (tertiary/aromatic N) is 1. The Balaban J connectivity index is 2.53. The highest BCUT2D eigenvalue weighted by Gasteiger charge is 2.08. The quantitative estimate of drug-likeness (QED) is 0.784. The van der Waals surface area contributed by atoms with Gasteiger partial charge in [0.1, 0.15) is 6.54 Å². The van der Waals surface area contributed by atoms with Crippen LogP contribution in [-0.4, -0.2) is 23.8 Å². The predicted molar refractivity (Wildman–Crippen MR) is 61.4 cm³/mol. The molecule has 0 bridgehead atoms. The molecule has 1 aromatic carbocycles. The molecule has 0 aliphatic heterocycles. The standard InChI is InChI=1S/C12H12N2O2/c1-13-12(16)7-14-6-9(8-15)10-4-2-3-5-11(10)14/h2-6,8H,7H2,1H3,(H,13,16). The molecule has 4 heteroatoms. The minimum absolute atomic E-state index is 0.0850. The Bertz CT molecular complexity index is 543. The van der Waals surface area contributed by atoms with Gasteiger partial charge in [-0.05, 0) is 6.07 Å². The number of amides is 1. The van der Waals surface area contributed by atoms with Crippen molar-refractivity contribution in [2.75, 3.05) is 7.05 Å². The molecular formula is C12H12N2O2. The van der Waals surface area contributed by atoms with Crippen LogP contribution in [0.3, 0.4) is 0 Å². The third kappa shape index (κ3) is 1.69. The maximum absolute atomic E-state index is 11.3. The maximum Gasteiger partial charge on any atom is 0.239 e. The number of nitrogens with one attached hydrogen (secondary N) is 1. The number of benzene rings is 1. The monoisotopic (exact) mass is 216 g/mol. The van der Waals surface area contributed by atoms with E-state index >= 15 is 0 Å². The average Bonchev–Trinajstić information content (AvgIpc) is 2.68. The lowest BCUT2D eigenvalue weighted by atomic mass is 10.2. The molecular weight excluding hydrogens is 204 g/mol. The van der Waals surface area contributed by atoms with Crippen LogP contribution < -0.4 is 5.32 Å². The lowest BCUT2D eigenvalue weighted by Crippen LogP contribution is -2.22. The zero-order chi connectivity index (χ0) is 11.5. The van der Waals surface area contributed by atoms with Gasteiger partial charge in [0.15, 0.2) is 6.29 Å². The van der Waals surface area contributed by atoms with Gasteiger partial charge in [0.05, 0.1) is 0 Å². The van der Waals surface area contributed by atoms with Crippen molar-refractivity contribution in [1.29, 1.82) is 0 Å². The number of hydrogen-bond donors (Lipinski definition) is 1. The number of rotatable bonds is 3. The molecule has 2 rings (SSSR count). The van der Waals surface area contributed by atoms with Crippen LogP contribution in [0.5, 0.6) is 0 Å². The van der Waals surface area contributed by atoms with E-state index in [-0.39, 0.29) is 12.5 Å². The molecule has 0 aliphatic rings. The van der Waals surface area contributed by atoms with Crippen LogP contribution in [0.1, 0.15) is 10.4 Å². The summed E-state index contributed by atoms with van der Waals surface area (Å²) in [7, 11) is 1.59. The molecule has 82 valence electrons. The second-order valence-electron chi connectivity index (χ2n) is 3.52. The highest BCUT2D eigenvalue weighted by Crippen LogP contribution is 2.19. The number of carbonyl (C=O) groups is 2. The van der Waals surface area contributed by atoms with E-state index in [1.165, 1.54) is 0 Å². The first-order valence-corrected chi connectivity index (χ1v) is 5.00. The Morgan fingerprint density at radius 1 is 1.44 bits per heavy atom. The van der Waals surface area contributed by atoms with Gasteiger partial charge in [0, 0.05) is 29.7 Å². The third-order valence-corrected chi connectivity index (χ3v) is 2.54. The minimum Gasteiger partial charge on any atom is -0.358 e. The van der Waals surface area contributed by atoms with Crippen LogP contribution in [0.2, 0.25) is 0 Å². The van der Waals surface area contributed by atoms with E-state index < -0.39 is 0 Å². The number of aldehydes is 1. The fourth-order valence-electron chi connectivity index (χ4n) is 1.73. The van der Waals surface area contributed by atoms with Crippen LogP contribution in [0, 0.1) is 0 Å². The maximum atomic E-state index is 11.3. The number of aromatic nitrogens is 1. The van der Waals surface area contributed by atoms with Gasteiger partial charge in [0.25, 0.3) is 0 Å². The Hall–Kier alpha value is -2.10. The topological polar surface area (TPSA) is 51.1 Å². The zero-order valence-corrected chi connectivity index (χ0v) is 8.93. The average molecular weight is 216 g/mol. The fraction of sp³-hybridized carbons (Fsp3) is 0.167. The minimum atomic E-state index is -0.0850. The van der Waals surface area contributed by atoms with E-state index in [1.807, 2.05) is 24.3 Å². The zero-order valence-electron chi connectivity index (χ0n) is 8.93. The van der Waals surface area contributed by atoms with E-state index in [0.717, 1.165) is 17.2 Å². The Labute approximate surface area is 92.9 Å². The van der Waals surface area contributed by atoms with Crippen molar-refractivity contribution in [2.45, 2.75) is 6.54 Å². The van der Waals surface area contributed by atoms with E-state index in [1.54, 1.807) is 17.8 Å². The molecule has 1 N–H and O–H groups in total. The van der Waals surface area contributed by atoms with Crippen LogP contribution in [0.4, 0.5) is 0 Å². The van der Waals surface area contributed by atoms with Crippen molar-refractivity contribution < 1.29 is 9.59 Å². The lowest BCUT2D eigenvalue weighted by Gasteiger charge is -2.03. The van der Waals surface area contributed by atoms with Gasteiger partial charge in [-0.1, -0.05) is 18.2 Å². The summed E-state index contributed by atoms with van der Waals surface area (Å²) in [5, 5.41) is 3.43. The molecule has 16 heavy (non-hydrogen) atoms. The first-order valence-electron chi connectivity index (χ1n) is 5.00. The van der Waals surface area contributed by atoms with Gasteiger partial charge in [-0.3, -0.25) is 9.59 Å². The Kier molecular flexibility index (Phi) is 2.72. The van der Waals surface area contributed by atoms with Gasteiger partial charge in [-0.25, -0.2) is 0 Å². The van der Waals surface area contributed by atoms with Crippen LogP contribution >= 0.6 is 0 Å². The summed E-state index contributed by atoms with van der Waals surface area (Å²) in [6, 6.07) is 7.53. The molecule has 0 unspecified atom stereocenters. The first kappa shape index (κ1) is 10.4. The summed E-state index contributed by atoms with van der Waals surface area (Å²) in [6.07, 6.45) is 2.51. The molecule has 0 fully saturated rings. The Morgan fingerprint density at radius 3 is 2.88 bits per heavy atom. The summed E-state index contributed by atoms with van der Waals surface area (Å²) in [4.78, 5) is 22.2. The van der Waals surface area contributed by atoms with Crippen molar-refractivity contribution >= 4 is 23.1 Å². The number of hydrogen-bond acceptors (Lipinski definition) is 2. The predicted octanol–water partition coefficient (Wildman–Crippen LogP) is 1.20. The lowest BCUT2D eigenvalue weighted by molar-refractivity contribution is -0.121. The Morgan fingerprint density at radius 2 is 2.19 bits per heavy atom. The molecule has 0 radical (unpaired) electrons. The van der Waals surface area contributed by atoms with Gasteiger partial charge in [-0.2, -0.15) is 0 Å². The summed E-state index contributed by atoms with van der Waals surface area (Å²) in [5.41, 5.74) is 1.51. The van der Waals surface area contributed by atoms with Crippen molar-refractivity contribution in [3.63, 3.8) is 0 Å². The van der Waals surface area contributed by atoms with Gasteiger partial charge < -0.3 is 9.88 Å². The van der Waals surface area contributed by atoms with Gasteiger partial charge in [-0.15, -0.1) is 0 Å². The summed E-state index contributed by atoms with van der Waals surface area (Å²) >= 11 is 0. The van der Waals surface area contributed by atoms with E-state index in [0.29, 0.717) is 5.56 Å². The number of carbonyl (C=O) groups excluding carboxylic acids is 2. The smallest absolute Gasteiger partial charge is 0.239 e. The number of fused-ring (bicyclic) bond motifs is 1. The summed E-state index contributed by atoms with van der Waals surface area (Å²) < 4.78 is 1.78. The second-order valence-corrected chi connectivity index (χ2v) is 3.52. The van der Waals surface area contributed by atoms with Crippen LogP contribution in [0.15, 0.2) is 30.5 Å². The molecule has 1 aromatic heterocycles. The molecule has 0 saturated carbocycles. The highest BCUT2D eigenvalue weighted by atomic mass is 16.1. The molecule has 2 aromatic rings. The first-order chi connectivity index (χ1) is 7.76. The van der Waals surface area contributed by atoms with Gasteiger partial charge >= 0.3 is 0 Å². The van der Waals surface area contributed by atoms with E-state index in [4.69, 9.17) is 0 Å². The van der Waals surface area contributed by atoms with Crippen molar-refractivity contribution in [3.8, 4) is 0 Å². The fourth-order valence-corrected chi connectivity index (χ4v) is 1.73. The number of para-hydroxylation sites is 1. The molecule has 0 atom stereocenters. The summed E-state index contributed by atoms with van der Waals surface area (Å²) in [6.45, 7) is 0.227. The SMILES string of the molecule is CNC(=O)Cn1cc(C=O)c2ccccc21. The van der Waals surface area contributed by atoms with Gasteiger partial charge in [0.2, 0.25) is 5.91 Å². The molecule has 0 aliphatic carbocycles. The summed E-state index contributed by atoms with van der Waals surface area (Å²) in [5.74, 6) is -0.0850. The molecule has 1 heterocycles. The molecule has 4 nitrogen and oxygen atoms in total. The van der Waals surface area contributed by atoms with Crippen molar-refractivity contribution in [3.05, 3.63) is 36.0 Å². The van der Waals surface area contributed by atoms with E-state index in [2.05, 4.69) is 5.32 Å².